The Morgan fingerprint density at radius 3 is 2.31 bits per heavy atom. The lowest BCUT2D eigenvalue weighted by Gasteiger charge is -2.31. The van der Waals surface area contributed by atoms with E-state index in [-0.39, 0.29) is 28.3 Å². The number of phenolic OH excluding ortho intramolecular Hbond substituents is 2. The average Bonchev–Trinajstić information content (AvgIpc) is 3.06. The van der Waals surface area contributed by atoms with E-state index in [1.807, 2.05) is 24.3 Å². The molecule has 268 valence electrons. The minimum atomic E-state index is -3.54. The van der Waals surface area contributed by atoms with Crippen molar-refractivity contribution in [2.45, 2.75) is 70.0 Å². The van der Waals surface area contributed by atoms with Gasteiger partial charge in [0.2, 0.25) is 10.0 Å². The van der Waals surface area contributed by atoms with Gasteiger partial charge in [0, 0.05) is 25.2 Å². The molecule has 1 aliphatic heterocycles. The first-order valence-electron chi connectivity index (χ1n) is 17.0. The molecule has 0 aliphatic carbocycles. The van der Waals surface area contributed by atoms with Crippen LogP contribution in [-0.2, 0) is 14.8 Å². The summed E-state index contributed by atoms with van der Waals surface area (Å²) in [5.41, 5.74) is 2.76. The number of benzene rings is 3. The number of ether oxygens (including phenoxy) is 1. The Labute approximate surface area is 294 Å². The predicted molar refractivity (Wildman–Crippen MR) is 195 cm³/mol. The summed E-state index contributed by atoms with van der Waals surface area (Å²) in [6, 6.07) is 16.8. The molecule has 1 heterocycles. The first-order valence-corrected chi connectivity index (χ1v) is 19.2. The van der Waals surface area contributed by atoms with E-state index in [4.69, 9.17) is 16.3 Å². The van der Waals surface area contributed by atoms with E-state index in [2.05, 4.69) is 20.3 Å². The summed E-state index contributed by atoms with van der Waals surface area (Å²) < 4.78 is 31.0. The van der Waals surface area contributed by atoms with E-state index < -0.39 is 22.2 Å². The fraction of sp³-hybridized carbons (Fsp3) is 0.472. The van der Waals surface area contributed by atoms with Crippen molar-refractivity contribution in [1.82, 2.24) is 10.2 Å². The van der Waals surface area contributed by atoms with Gasteiger partial charge in [0.25, 0.3) is 0 Å². The number of sulfonamides is 1. The summed E-state index contributed by atoms with van der Waals surface area (Å²) in [7, 11) is -3.54. The molecule has 1 amide bonds. The number of hydrogen-bond acceptors (Lipinski definition) is 9. The number of rotatable bonds is 18. The maximum Gasteiger partial charge on any atom is 0.411 e. The van der Waals surface area contributed by atoms with Crippen LogP contribution >= 0.6 is 11.6 Å². The van der Waals surface area contributed by atoms with Gasteiger partial charge in [-0.3, -0.25) is 10.0 Å². The number of aliphatic hydroxyl groups excluding tert-OH is 1. The zero-order valence-corrected chi connectivity index (χ0v) is 29.6. The van der Waals surface area contributed by atoms with Crippen LogP contribution in [0.4, 0.5) is 16.2 Å². The fourth-order valence-electron chi connectivity index (χ4n) is 5.93. The molecule has 0 unspecified atom stereocenters. The van der Waals surface area contributed by atoms with Gasteiger partial charge in [-0.15, -0.1) is 0 Å². The number of anilines is 2. The first-order chi connectivity index (χ1) is 23.5. The number of phenols is 2. The summed E-state index contributed by atoms with van der Waals surface area (Å²) in [4.78, 5) is 15.2. The van der Waals surface area contributed by atoms with E-state index >= 15 is 0 Å². The summed E-state index contributed by atoms with van der Waals surface area (Å²) in [6.45, 7) is 4.00. The van der Waals surface area contributed by atoms with Crippen LogP contribution in [-0.4, -0.2) is 79.8 Å². The number of carbonyl (C=O) groups is 1. The van der Waals surface area contributed by atoms with Gasteiger partial charge in [-0.1, -0.05) is 74.0 Å². The molecule has 11 nitrogen and oxygen atoms in total. The Balaban J connectivity index is 1.01. The lowest BCUT2D eigenvalue weighted by Crippen LogP contribution is -2.38. The van der Waals surface area contributed by atoms with E-state index in [1.54, 1.807) is 18.2 Å². The Hall–Kier alpha value is -3.55. The minimum Gasteiger partial charge on any atom is -0.506 e. The SMILES string of the molecule is CS(=O)(=O)Nc1cc([C@H](O)CNCCCCCCCCCN2CCC(OC(=O)Nc3ccccc3-c3ccc(O)c(Cl)c3)CC2)ccc1O. The molecule has 4 rings (SSSR count). The summed E-state index contributed by atoms with van der Waals surface area (Å²) >= 11 is 6.09. The maximum absolute atomic E-state index is 12.7. The summed E-state index contributed by atoms with van der Waals surface area (Å²) in [5, 5.41) is 36.4. The standard InChI is InChI=1S/C36H49ClN4O7S/c1-49(46,47)40-32-24-27(14-16-34(32)43)35(44)25-38-19-9-5-3-2-4-6-10-20-41-21-17-28(18-22-41)48-36(45)39-31-12-8-7-11-29(31)26-13-15-33(42)30(37)23-26/h7-8,11-16,23-24,28,35,38,40,42-44H,2-6,9-10,17-22,25H2,1H3,(H,39,45)/t35-/m1/s1. The lowest BCUT2D eigenvalue weighted by molar-refractivity contribution is 0.0584. The normalized spacial score (nSPS) is 14.8. The van der Waals surface area contributed by atoms with Gasteiger partial charge in [-0.05, 0) is 80.2 Å². The van der Waals surface area contributed by atoms with Crippen LogP contribution in [0.25, 0.3) is 11.1 Å². The Bertz CT molecular complexity index is 1620. The maximum atomic E-state index is 12.7. The second kappa shape index (κ2) is 19.0. The van der Waals surface area contributed by atoms with Crippen molar-refractivity contribution >= 4 is 39.1 Å². The smallest absolute Gasteiger partial charge is 0.411 e. The predicted octanol–water partition coefficient (Wildman–Crippen LogP) is 6.86. The van der Waals surface area contributed by atoms with Gasteiger partial charge in [0.15, 0.2) is 0 Å². The molecule has 3 aromatic rings. The highest BCUT2D eigenvalue weighted by atomic mass is 35.5. The highest BCUT2D eigenvalue weighted by Crippen LogP contribution is 2.33. The number of nitrogens with zero attached hydrogens (tertiary/aromatic N) is 1. The molecular weight excluding hydrogens is 668 g/mol. The lowest BCUT2D eigenvalue weighted by atomic mass is 10.0. The quantitative estimate of drug-likeness (QED) is 0.0611. The molecule has 1 saturated heterocycles. The minimum absolute atomic E-state index is 0.00721. The number of hydrogen-bond donors (Lipinski definition) is 6. The second-order valence-electron chi connectivity index (χ2n) is 12.6. The molecule has 1 aliphatic rings. The van der Waals surface area contributed by atoms with Crippen LogP contribution in [0.1, 0.15) is 69.5 Å². The van der Waals surface area contributed by atoms with Gasteiger partial charge in [0.05, 0.1) is 28.8 Å². The highest BCUT2D eigenvalue weighted by Gasteiger charge is 2.22. The second-order valence-corrected chi connectivity index (χ2v) is 14.8. The number of aliphatic hydroxyl groups is 1. The molecule has 49 heavy (non-hydrogen) atoms. The Morgan fingerprint density at radius 2 is 1.59 bits per heavy atom. The van der Waals surface area contributed by atoms with Gasteiger partial charge in [-0.25, -0.2) is 13.2 Å². The van der Waals surface area contributed by atoms with Crippen molar-refractivity contribution in [3.63, 3.8) is 0 Å². The molecule has 3 aromatic carbocycles. The fourth-order valence-corrected chi connectivity index (χ4v) is 6.67. The molecular formula is C36H49ClN4O7S. The van der Waals surface area contributed by atoms with Crippen molar-refractivity contribution in [3.8, 4) is 22.6 Å². The van der Waals surface area contributed by atoms with E-state index in [9.17, 15) is 28.5 Å². The van der Waals surface area contributed by atoms with Crippen molar-refractivity contribution in [2.75, 3.05) is 49.0 Å². The van der Waals surface area contributed by atoms with Crippen LogP contribution < -0.4 is 15.4 Å². The molecule has 0 aromatic heterocycles. The van der Waals surface area contributed by atoms with E-state index in [1.165, 1.54) is 43.9 Å². The van der Waals surface area contributed by atoms with Crippen molar-refractivity contribution in [2.24, 2.45) is 0 Å². The number of piperidine rings is 1. The third-order valence-electron chi connectivity index (χ3n) is 8.60. The average molecular weight is 717 g/mol. The third kappa shape index (κ3) is 13.0. The number of aromatic hydroxyl groups is 2. The Kier molecular flexibility index (Phi) is 14.8. The van der Waals surface area contributed by atoms with Crippen molar-refractivity contribution in [1.29, 1.82) is 0 Å². The molecule has 1 fully saturated rings. The number of halogens is 1. The number of unbranched alkanes of at least 4 members (excludes halogenated alkanes) is 6. The van der Waals surface area contributed by atoms with Crippen molar-refractivity contribution in [3.05, 3.63) is 71.2 Å². The molecule has 0 saturated carbocycles. The Morgan fingerprint density at radius 1 is 0.918 bits per heavy atom. The van der Waals surface area contributed by atoms with Gasteiger partial charge >= 0.3 is 6.09 Å². The largest absolute Gasteiger partial charge is 0.506 e. The number of para-hydroxylation sites is 1. The van der Waals surface area contributed by atoms with Crippen LogP contribution in [0.15, 0.2) is 60.7 Å². The molecule has 13 heteroatoms. The van der Waals surface area contributed by atoms with Crippen LogP contribution in [0, 0.1) is 0 Å². The summed E-state index contributed by atoms with van der Waals surface area (Å²) in [5.74, 6) is -0.185. The van der Waals surface area contributed by atoms with Gasteiger partial charge < -0.3 is 30.3 Å². The first kappa shape index (κ1) is 38.3. The monoisotopic (exact) mass is 716 g/mol. The molecule has 0 spiro atoms. The number of nitrogens with one attached hydrogen (secondary N) is 3. The van der Waals surface area contributed by atoms with Crippen LogP contribution in [0.3, 0.4) is 0 Å². The number of likely N-dealkylation sites (tertiary alicyclic amines) is 1. The molecule has 0 bridgehead atoms. The topological polar surface area (TPSA) is 160 Å². The third-order valence-corrected chi connectivity index (χ3v) is 9.49. The zero-order valence-electron chi connectivity index (χ0n) is 28.0. The van der Waals surface area contributed by atoms with E-state index in [0.717, 1.165) is 75.7 Å². The highest BCUT2D eigenvalue weighted by molar-refractivity contribution is 7.92. The molecule has 6 N–H and O–H groups in total. The van der Waals surface area contributed by atoms with Gasteiger partial charge in [-0.2, -0.15) is 0 Å². The number of carbonyl (C=O) groups excluding carboxylic acids is 1. The van der Waals surface area contributed by atoms with E-state index in [0.29, 0.717) is 17.8 Å². The summed E-state index contributed by atoms with van der Waals surface area (Å²) in [6.07, 6.45) is 9.26. The molecule has 1 atom stereocenters. The van der Waals surface area contributed by atoms with Crippen molar-refractivity contribution < 1.29 is 33.3 Å². The zero-order chi connectivity index (χ0) is 35.2. The van der Waals surface area contributed by atoms with Crippen LogP contribution in [0.2, 0.25) is 5.02 Å². The molecule has 0 radical (unpaired) electrons. The van der Waals surface area contributed by atoms with Crippen LogP contribution in [0.5, 0.6) is 11.5 Å². The number of amides is 1. The van der Waals surface area contributed by atoms with Gasteiger partial charge in [0.1, 0.15) is 17.6 Å².